The Morgan fingerprint density at radius 3 is 2.57 bits per heavy atom. The van der Waals surface area contributed by atoms with Crippen molar-refractivity contribution in [3.63, 3.8) is 0 Å². The third-order valence-corrected chi connectivity index (χ3v) is 3.49. The number of aryl methyl sites for hydroxylation is 1. The molecule has 0 atom stereocenters. The predicted octanol–water partition coefficient (Wildman–Crippen LogP) is 1.81. The summed E-state index contributed by atoms with van der Waals surface area (Å²) in [7, 11) is 0. The minimum atomic E-state index is -0.876. The fraction of sp³-hybridized carbons (Fsp3) is 0.267. The first kappa shape index (κ1) is 13.4. The Kier molecular flexibility index (Phi) is 3.21. The van der Waals surface area contributed by atoms with E-state index in [1.165, 1.54) is 4.90 Å². The number of carbonyl (C=O) groups excluding carboxylic acids is 1. The van der Waals surface area contributed by atoms with Gasteiger partial charge < -0.3 is 14.4 Å². The van der Waals surface area contributed by atoms with Gasteiger partial charge in [0.25, 0.3) is 5.91 Å². The van der Waals surface area contributed by atoms with E-state index in [1.807, 2.05) is 30.3 Å². The maximum atomic E-state index is 12.4. The summed E-state index contributed by atoms with van der Waals surface area (Å²) in [4.78, 5) is 28.8. The van der Waals surface area contributed by atoms with Crippen LogP contribution in [0.2, 0.25) is 0 Å². The molecule has 1 fully saturated rings. The highest BCUT2D eigenvalue weighted by Gasteiger charge is 2.38. The lowest BCUT2D eigenvalue weighted by atomic mass is 9.99. The van der Waals surface area contributed by atoms with E-state index in [1.54, 1.807) is 6.92 Å². The molecule has 108 valence electrons. The van der Waals surface area contributed by atoms with E-state index in [2.05, 4.69) is 4.98 Å². The van der Waals surface area contributed by atoms with Crippen molar-refractivity contribution in [1.82, 2.24) is 9.88 Å². The van der Waals surface area contributed by atoms with Crippen LogP contribution in [-0.4, -0.2) is 40.0 Å². The fourth-order valence-electron chi connectivity index (χ4n) is 2.31. The number of hydrogen-bond donors (Lipinski definition) is 1. The molecule has 0 bridgehead atoms. The number of carbonyl (C=O) groups is 2. The van der Waals surface area contributed by atoms with Gasteiger partial charge in [-0.3, -0.25) is 9.59 Å². The predicted molar refractivity (Wildman–Crippen MR) is 73.7 cm³/mol. The lowest BCUT2D eigenvalue weighted by Gasteiger charge is -2.36. The molecule has 6 heteroatoms. The number of aromatic nitrogens is 1. The second-order valence-corrected chi connectivity index (χ2v) is 5.02. The fourth-order valence-corrected chi connectivity index (χ4v) is 2.31. The summed E-state index contributed by atoms with van der Waals surface area (Å²) in [5.74, 6) is -0.812. The van der Waals surface area contributed by atoms with Crippen LogP contribution in [0.5, 0.6) is 0 Å². The van der Waals surface area contributed by atoms with E-state index < -0.39 is 11.9 Å². The van der Waals surface area contributed by atoms with E-state index in [9.17, 15) is 9.59 Å². The minimum absolute atomic E-state index is 0.217. The molecular weight excluding hydrogens is 272 g/mol. The van der Waals surface area contributed by atoms with Crippen molar-refractivity contribution in [3.8, 4) is 11.3 Å². The molecule has 1 aromatic carbocycles. The first-order valence-electron chi connectivity index (χ1n) is 6.61. The van der Waals surface area contributed by atoms with Gasteiger partial charge in [0.15, 0.2) is 17.3 Å². The maximum absolute atomic E-state index is 12.4. The lowest BCUT2D eigenvalue weighted by molar-refractivity contribution is -0.146. The number of benzene rings is 1. The number of hydrogen-bond acceptors (Lipinski definition) is 4. The van der Waals surface area contributed by atoms with E-state index >= 15 is 0 Å². The maximum Gasteiger partial charge on any atom is 0.310 e. The van der Waals surface area contributed by atoms with Gasteiger partial charge in [-0.2, -0.15) is 0 Å². The third kappa shape index (κ3) is 2.40. The minimum Gasteiger partial charge on any atom is -0.481 e. The van der Waals surface area contributed by atoms with E-state index in [4.69, 9.17) is 9.52 Å². The zero-order valence-electron chi connectivity index (χ0n) is 11.4. The second kappa shape index (κ2) is 5.05. The van der Waals surface area contributed by atoms with Gasteiger partial charge in [-0.15, -0.1) is 0 Å². The first-order chi connectivity index (χ1) is 10.1. The highest BCUT2D eigenvalue weighted by Crippen LogP contribution is 2.27. The molecule has 2 aromatic rings. The molecule has 1 aromatic heterocycles. The van der Waals surface area contributed by atoms with Gasteiger partial charge in [-0.1, -0.05) is 30.3 Å². The van der Waals surface area contributed by atoms with Crippen molar-refractivity contribution in [2.75, 3.05) is 13.1 Å². The number of nitrogens with zero attached hydrogens (tertiary/aromatic N) is 2. The van der Waals surface area contributed by atoms with Crippen molar-refractivity contribution in [1.29, 1.82) is 0 Å². The van der Waals surface area contributed by atoms with E-state index in [0.717, 1.165) is 5.56 Å². The molecule has 1 amide bonds. The zero-order chi connectivity index (χ0) is 15.0. The summed E-state index contributed by atoms with van der Waals surface area (Å²) >= 11 is 0. The van der Waals surface area contributed by atoms with Crippen molar-refractivity contribution >= 4 is 11.9 Å². The molecule has 3 rings (SSSR count). The number of amides is 1. The van der Waals surface area contributed by atoms with Crippen LogP contribution in [0.4, 0.5) is 0 Å². The largest absolute Gasteiger partial charge is 0.481 e. The quantitative estimate of drug-likeness (QED) is 0.930. The Morgan fingerprint density at radius 1 is 1.29 bits per heavy atom. The number of aliphatic carboxylic acids is 1. The summed E-state index contributed by atoms with van der Waals surface area (Å²) in [5, 5.41) is 8.87. The monoisotopic (exact) mass is 286 g/mol. The molecule has 1 N–H and O–H groups in total. The molecule has 1 saturated heterocycles. The standard InChI is InChI=1S/C15H14N2O4/c1-9-16-12(13(21-9)10-5-3-2-4-6-10)14(18)17-7-11(8-17)15(19)20/h2-6,11H,7-8H2,1H3,(H,19,20). The van der Waals surface area contributed by atoms with Crippen molar-refractivity contribution in [3.05, 3.63) is 41.9 Å². The molecule has 0 aliphatic carbocycles. The molecule has 21 heavy (non-hydrogen) atoms. The number of carboxylic acids is 1. The Hall–Kier alpha value is -2.63. The average molecular weight is 286 g/mol. The molecule has 0 unspecified atom stereocenters. The zero-order valence-corrected chi connectivity index (χ0v) is 11.4. The Labute approximate surface area is 121 Å². The summed E-state index contributed by atoms with van der Waals surface area (Å²) in [6, 6.07) is 9.26. The number of carboxylic acid groups (broad SMARTS) is 1. The van der Waals surface area contributed by atoms with Gasteiger partial charge in [0.05, 0.1) is 5.92 Å². The summed E-state index contributed by atoms with van der Waals surface area (Å²) in [6.45, 7) is 2.11. The van der Waals surface area contributed by atoms with Gasteiger partial charge in [0.1, 0.15) is 0 Å². The third-order valence-electron chi connectivity index (χ3n) is 3.49. The Morgan fingerprint density at radius 2 is 1.95 bits per heavy atom. The van der Waals surface area contributed by atoms with Crippen LogP contribution in [-0.2, 0) is 4.79 Å². The van der Waals surface area contributed by atoms with Crippen LogP contribution in [0.25, 0.3) is 11.3 Å². The molecule has 0 radical (unpaired) electrons. The van der Waals surface area contributed by atoms with Gasteiger partial charge in [0, 0.05) is 25.6 Å². The highest BCUT2D eigenvalue weighted by molar-refractivity contribution is 5.98. The van der Waals surface area contributed by atoms with Crippen LogP contribution in [0.1, 0.15) is 16.4 Å². The average Bonchev–Trinajstić information content (AvgIpc) is 2.79. The van der Waals surface area contributed by atoms with Gasteiger partial charge >= 0.3 is 5.97 Å². The molecular formula is C15H14N2O4. The Bertz CT molecular complexity index is 687. The van der Waals surface area contributed by atoms with Gasteiger partial charge in [-0.05, 0) is 0 Å². The molecule has 1 aliphatic rings. The second-order valence-electron chi connectivity index (χ2n) is 5.02. The van der Waals surface area contributed by atoms with Crippen LogP contribution in [0.15, 0.2) is 34.7 Å². The van der Waals surface area contributed by atoms with Crippen LogP contribution >= 0.6 is 0 Å². The Balaban J connectivity index is 1.86. The molecule has 0 saturated carbocycles. The topological polar surface area (TPSA) is 83.6 Å². The van der Waals surface area contributed by atoms with Crippen LogP contribution < -0.4 is 0 Å². The van der Waals surface area contributed by atoms with Gasteiger partial charge in [0.2, 0.25) is 0 Å². The summed E-state index contributed by atoms with van der Waals surface area (Å²) in [6.07, 6.45) is 0. The lowest BCUT2D eigenvalue weighted by Crippen LogP contribution is -2.53. The normalized spacial score (nSPS) is 14.8. The van der Waals surface area contributed by atoms with E-state index in [0.29, 0.717) is 11.7 Å². The van der Waals surface area contributed by atoms with Crippen molar-refractivity contribution < 1.29 is 19.1 Å². The molecule has 1 aliphatic heterocycles. The first-order valence-corrected chi connectivity index (χ1v) is 6.61. The summed E-state index contributed by atoms with van der Waals surface area (Å²) in [5.41, 5.74) is 1.01. The van der Waals surface area contributed by atoms with E-state index in [-0.39, 0.29) is 24.7 Å². The smallest absolute Gasteiger partial charge is 0.310 e. The molecule has 6 nitrogen and oxygen atoms in total. The van der Waals surface area contributed by atoms with Crippen molar-refractivity contribution in [2.24, 2.45) is 5.92 Å². The van der Waals surface area contributed by atoms with Crippen LogP contribution in [0.3, 0.4) is 0 Å². The molecule has 0 spiro atoms. The highest BCUT2D eigenvalue weighted by atomic mass is 16.4. The summed E-state index contributed by atoms with van der Waals surface area (Å²) < 4.78 is 5.54. The SMILES string of the molecule is Cc1nc(C(=O)N2CC(C(=O)O)C2)c(-c2ccccc2)o1. The van der Waals surface area contributed by atoms with Gasteiger partial charge in [-0.25, -0.2) is 4.98 Å². The van der Waals surface area contributed by atoms with Crippen LogP contribution in [0, 0.1) is 12.8 Å². The number of likely N-dealkylation sites (tertiary alicyclic amines) is 1. The number of rotatable bonds is 3. The number of oxazole rings is 1. The molecule has 2 heterocycles. The van der Waals surface area contributed by atoms with Crippen molar-refractivity contribution in [2.45, 2.75) is 6.92 Å².